The Morgan fingerprint density at radius 3 is 1.33 bits per heavy atom. The zero-order chi connectivity index (χ0) is 32.6. The predicted octanol–water partition coefficient (Wildman–Crippen LogP) is 12.2. The number of hydrogen-bond acceptors (Lipinski definition) is 0. The summed E-state index contributed by atoms with van der Waals surface area (Å²) in [5.41, 5.74) is 14.7. The van der Waals surface area contributed by atoms with Crippen LogP contribution >= 0.6 is 0 Å². The fraction of sp³-hybridized carbons (Fsp3) is 0.217. The molecule has 2 heteroatoms. The van der Waals surface area contributed by atoms with E-state index in [9.17, 15) is 0 Å². The van der Waals surface area contributed by atoms with Crippen LogP contribution in [0, 0.1) is 0 Å². The average Bonchev–Trinajstić information content (AvgIpc) is 3.88. The first kappa shape index (κ1) is 31.7. The van der Waals surface area contributed by atoms with Gasteiger partial charge in [0.25, 0.3) is 0 Å². The topological polar surface area (TPSA) is 0 Å². The molecule has 0 radical (unpaired) electrons. The molecule has 2 atom stereocenters. The molecule has 9 rings (SSSR count). The van der Waals surface area contributed by atoms with Crippen molar-refractivity contribution in [1.29, 1.82) is 0 Å². The summed E-state index contributed by atoms with van der Waals surface area (Å²) in [7, 11) is 0.543. The zero-order valence-corrected chi connectivity index (χ0v) is 32.3. The fourth-order valence-electron chi connectivity index (χ4n) is 9.13. The van der Waals surface area contributed by atoms with Gasteiger partial charge in [-0.2, -0.15) is 0 Å². The molecule has 0 nitrogen and oxygen atoms in total. The standard InChI is InChI=1S/C41H31.C4H10Si.CH3.Zr/c1-26-38(32-19-7-9-21-36(32)40(26)34-23-11-15-28-13-3-5-17-30(28)34)25-39-27(2)41(37-22-10-8-20-33(37)39)35-24-12-16-29-14-4-6-18-31(29)35;1-2-4-5-3-1;;/h3-25,38-39H,1-2H3;1-5H2;1H3;. The van der Waals surface area contributed by atoms with E-state index in [-0.39, 0.29) is 0 Å². The van der Waals surface area contributed by atoms with E-state index < -0.39 is 23.2 Å². The van der Waals surface area contributed by atoms with Crippen molar-refractivity contribution in [2.24, 2.45) is 0 Å². The van der Waals surface area contributed by atoms with Crippen LogP contribution in [-0.4, -0.2) is 9.52 Å². The molecule has 2 unspecified atom stereocenters. The first-order valence-electron chi connectivity index (χ1n) is 17.9. The molecule has 0 saturated carbocycles. The average molecular weight is 716 g/mol. The number of allylic oxidation sites excluding steroid dienone is 2. The maximum absolute atomic E-state index is 2.58. The third-order valence-corrected chi connectivity index (χ3v) is 16.5. The van der Waals surface area contributed by atoms with Crippen LogP contribution in [0.5, 0.6) is 0 Å². The molecule has 0 amide bonds. The van der Waals surface area contributed by atoms with Gasteiger partial charge < -0.3 is 0 Å². The second-order valence-electron chi connectivity index (χ2n) is 13.9. The van der Waals surface area contributed by atoms with Gasteiger partial charge in [0.05, 0.1) is 0 Å². The molecule has 2 aliphatic carbocycles. The molecule has 1 fully saturated rings. The summed E-state index contributed by atoms with van der Waals surface area (Å²) < 4.78 is 3.19. The molecule has 6 aromatic carbocycles. The molecule has 0 aromatic heterocycles. The molecule has 6 aromatic rings. The summed E-state index contributed by atoms with van der Waals surface area (Å²) in [4.78, 5) is 0. The van der Waals surface area contributed by atoms with Crippen molar-refractivity contribution in [2.45, 2.75) is 58.9 Å². The zero-order valence-electron chi connectivity index (χ0n) is 28.5. The summed E-state index contributed by atoms with van der Waals surface area (Å²) in [6.45, 7) is 4.88. The second-order valence-corrected chi connectivity index (χ2v) is 19.1. The predicted molar refractivity (Wildman–Crippen MR) is 207 cm³/mol. The molecule has 0 N–H and O–H groups in total. The summed E-state index contributed by atoms with van der Waals surface area (Å²) >= 11 is -0.774. The van der Waals surface area contributed by atoms with Gasteiger partial charge >= 0.3 is 268 Å². The van der Waals surface area contributed by atoms with Crippen molar-refractivity contribution in [1.82, 2.24) is 0 Å². The summed E-state index contributed by atoms with van der Waals surface area (Å²) in [6, 6.07) is 53.3. The van der Waals surface area contributed by atoms with Crippen LogP contribution in [-0.2, 0) is 23.2 Å². The molecule has 0 bridgehead atoms. The Morgan fingerprint density at radius 1 is 0.500 bits per heavy atom. The van der Waals surface area contributed by atoms with Gasteiger partial charge in [0.2, 0.25) is 0 Å². The Hall–Kier alpha value is -3.58. The van der Waals surface area contributed by atoms with Crippen molar-refractivity contribution in [2.75, 3.05) is 0 Å². The van der Waals surface area contributed by atoms with Crippen molar-refractivity contribution < 1.29 is 23.2 Å². The van der Waals surface area contributed by atoms with E-state index in [4.69, 9.17) is 0 Å². The number of rotatable bonds is 5. The number of hydrogen-bond donors (Lipinski definition) is 0. The van der Waals surface area contributed by atoms with Crippen LogP contribution in [0.1, 0.15) is 71.9 Å². The Balaban J connectivity index is 0.000000618. The Labute approximate surface area is 300 Å². The molecular weight excluding hydrogens is 672 g/mol. The van der Waals surface area contributed by atoms with Gasteiger partial charge in [0.1, 0.15) is 0 Å². The van der Waals surface area contributed by atoms with E-state index >= 15 is 0 Å². The SMILES string of the molecule is C1CC[SiH2]C1.[CH3][Zr][CH](C1C(C)=C(c2cccc3ccccc23)c2ccccc21)C1C(C)=C(c2cccc3ccccc23)c2ccccc21. The molecule has 0 spiro atoms. The van der Waals surface area contributed by atoms with Crippen LogP contribution < -0.4 is 0 Å². The van der Waals surface area contributed by atoms with Crippen molar-refractivity contribution in [3.05, 3.63) is 178 Å². The van der Waals surface area contributed by atoms with Crippen LogP contribution in [0.2, 0.25) is 20.3 Å². The van der Waals surface area contributed by atoms with Crippen LogP contribution in [0.4, 0.5) is 0 Å². The van der Waals surface area contributed by atoms with E-state index in [1.165, 1.54) is 66.1 Å². The normalized spacial score (nSPS) is 18.9. The van der Waals surface area contributed by atoms with Gasteiger partial charge in [0.15, 0.2) is 0 Å². The molecule has 1 heterocycles. The Kier molecular flexibility index (Phi) is 9.06. The Bertz CT molecular complexity index is 2030. The molecule has 236 valence electrons. The Morgan fingerprint density at radius 2 is 0.896 bits per heavy atom. The molecule has 48 heavy (non-hydrogen) atoms. The fourth-order valence-corrected chi connectivity index (χ4v) is 14.6. The second kappa shape index (κ2) is 13.7. The van der Waals surface area contributed by atoms with E-state index in [0.717, 1.165) is 0 Å². The van der Waals surface area contributed by atoms with Gasteiger partial charge in [-0.05, 0) is 0 Å². The van der Waals surface area contributed by atoms with Gasteiger partial charge in [0, 0.05) is 9.52 Å². The van der Waals surface area contributed by atoms with Crippen LogP contribution in [0.3, 0.4) is 0 Å². The van der Waals surface area contributed by atoms with E-state index in [1.807, 2.05) is 0 Å². The minimum atomic E-state index is -0.774. The first-order chi connectivity index (χ1) is 23.7. The van der Waals surface area contributed by atoms with E-state index in [1.54, 1.807) is 36.1 Å². The van der Waals surface area contributed by atoms with Crippen molar-refractivity contribution in [3.8, 4) is 0 Å². The van der Waals surface area contributed by atoms with Crippen molar-refractivity contribution in [3.63, 3.8) is 0 Å². The first-order valence-corrected chi connectivity index (χ1v) is 23.8. The summed E-state index contributed by atoms with van der Waals surface area (Å²) in [5, 5.41) is 5.33. The van der Waals surface area contributed by atoms with Gasteiger partial charge in [-0.15, -0.1) is 0 Å². The van der Waals surface area contributed by atoms with E-state index in [0.29, 0.717) is 25.0 Å². The van der Waals surface area contributed by atoms with Crippen molar-refractivity contribution >= 4 is 42.2 Å². The van der Waals surface area contributed by atoms with Gasteiger partial charge in [-0.1, -0.05) is 24.9 Å². The molecule has 1 aliphatic heterocycles. The minimum absolute atomic E-state index is 0.432. The van der Waals surface area contributed by atoms with Gasteiger partial charge in [-0.3, -0.25) is 0 Å². The quantitative estimate of drug-likeness (QED) is 0.156. The summed E-state index contributed by atoms with van der Waals surface area (Å²) in [5.74, 6) is 0.864. The molecule has 1 saturated heterocycles. The van der Waals surface area contributed by atoms with E-state index in [2.05, 4.69) is 152 Å². The maximum atomic E-state index is 2.58. The number of fused-ring (bicyclic) bond motifs is 4. The monoisotopic (exact) mass is 714 g/mol. The van der Waals surface area contributed by atoms with Crippen LogP contribution in [0.25, 0.3) is 32.7 Å². The van der Waals surface area contributed by atoms with Crippen LogP contribution in [0.15, 0.2) is 145 Å². The third kappa shape index (κ3) is 5.46. The molecular formula is C46H44SiZr. The molecule has 3 aliphatic rings. The van der Waals surface area contributed by atoms with Gasteiger partial charge in [-0.25, -0.2) is 0 Å². The summed E-state index contributed by atoms with van der Waals surface area (Å²) in [6.07, 6.45) is 3.12. The number of benzene rings is 6. The third-order valence-electron chi connectivity index (χ3n) is 11.3.